The molecule has 1 amide bonds. The van der Waals surface area contributed by atoms with Gasteiger partial charge in [-0.25, -0.2) is 0 Å². The SMILES string of the molecule is COc1cc(OC)cc(C(=O)N2CCC(C)CC2CN)c1.Cl. The Hall–Kier alpha value is -1.46. The lowest BCUT2D eigenvalue weighted by Crippen LogP contribution is -2.49. The normalized spacial score (nSPS) is 21.0. The number of hydrogen-bond donors (Lipinski definition) is 1. The minimum atomic E-state index is -0.00505. The van der Waals surface area contributed by atoms with Gasteiger partial charge in [0.15, 0.2) is 0 Å². The van der Waals surface area contributed by atoms with Gasteiger partial charge in [-0.3, -0.25) is 4.79 Å². The van der Waals surface area contributed by atoms with Crippen molar-refractivity contribution in [2.75, 3.05) is 27.3 Å². The van der Waals surface area contributed by atoms with Gasteiger partial charge in [0, 0.05) is 30.8 Å². The van der Waals surface area contributed by atoms with Crippen molar-refractivity contribution in [3.05, 3.63) is 23.8 Å². The van der Waals surface area contributed by atoms with E-state index in [4.69, 9.17) is 15.2 Å². The molecule has 2 atom stereocenters. The van der Waals surface area contributed by atoms with Crippen LogP contribution >= 0.6 is 12.4 Å². The average molecular weight is 329 g/mol. The van der Waals surface area contributed by atoms with E-state index in [-0.39, 0.29) is 24.4 Å². The average Bonchev–Trinajstić information content (AvgIpc) is 2.53. The van der Waals surface area contributed by atoms with E-state index >= 15 is 0 Å². The second-order valence-electron chi connectivity index (χ2n) is 5.62. The predicted molar refractivity (Wildman–Crippen MR) is 89.1 cm³/mol. The molecule has 5 nitrogen and oxygen atoms in total. The Morgan fingerprint density at radius 1 is 1.27 bits per heavy atom. The van der Waals surface area contributed by atoms with Crippen molar-refractivity contribution in [1.29, 1.82) is 0 Å². The first kappa shape index (κ1) is 18.6. The van der Waals surface area contributed by atoms with E-state index < -0.39 is 0 Å². The highest BCUT2D eigenvalue weighted by Gasteiger charge is 2.29. The topological polar surface area (TPSA) is 64.8 Å². The van der Waals surface area contributed by atoms with Crippen LogP contribution in [-0.2, 0) is 0 Å². The summed E-state index contributed by atoms with van der Waals surface area (Å²) < 4.78 is 10.5. The van der Waals surface area contributed by atoms with Crippen LogP contribution in [0.2, 0.25) is 0 Å². The summed E-state index contributed by atoms with van der Waals surface area (Å²) in [6.07, 6.45) is 1.98. The Morgan fingerprint density at radius 3 is 2.36 bits per heavy atom. The van der Waals surface area contributed by atoms with Crippen molar-refractivity contribution < 1.29 is 14.3 Å². The van der Waals surface area contributed by atoms with Crippen LogP contribution in [0.25, 0.3) is 0 Å². The van der Waals surface area contributed by atoms with E-state index in [2.05, 4.69) is 6.92 Å². The van der Waals surface area contributed by atoms with Crippen LogP contribution < -0.4 is 15.2 Å². The molecule has 1 heterocycles. The van der Waals surface area contributed by atoms with Crippen molar-refractivity contribution in [2.45, 2.75) is 25.8 Å². The number of amides is 1. The number of ether oxygens (including phenoxy) is 2. The van der Waals surface area contributed by atoms with Gasteiger partial charge in [0.1, 0.15) is 11.5 Å². The third-order valence-electron chi connectivity index (χ3n) is 4.11. The molecular weight excluding hydrogens is 304 g/mol. The first-order valence-electron chi connectivity index (χ1n) is 7.33. The molecule has 22 heavy (non-hydrogen) atoms. The Labute approximate surface area is 138 Å². The molecule has 2 rings (SSSR count). The highest BCUT2D eigenvalue weighted by atomic mass is 35.5. The van der Waals surface area contributed by atoms with Gasteiger partial charge < -0.3 is 20.1 Å². The van der Waals surface area contributed by atoms with Crippen LogP contribution in [0.5, 0.6) is 11.5 Å². The van der Waals surface area contributed by atoms with Crippen molar-refractivity contribution in [1.82, 2.24) is 4.90 Å². The summed E-state index contributed by atoms with van der Waals surface area (Å²) in [6.45, 7) is 3.46. The van der Waals surface area contributed by atoms with Gasteiger partial charge in [-0.2, -0.15) is 0 Å². The van der Waals surface area contributed by atoms with Crippen molar-refractivity contribution in [3.8, 4) is 11.5 Å². The van der Waals surface area contributed by atoms with E-state index in [9.17, 15) is 4.79 Å². The molecule has 0 aromatic heterocycles. The largest absolute Gasteiger partial charge is 0.497 e. The fourth-order valence-corrected chi connectivity index (χ4v) is 2.84. The summed E-state index contributed by atoms with van der Waals surface area (Å²) in [5, 5.41) is 0. The van der Waals surface area contributed by atoms with E-state index in [1.807, 2.05) is 4.90 Å². The van der Waals surface area contributed by atoms with Crippen LogP contribution in [-0.4, -0.2) is 44.2 Å². The fraction of sp³-hybridized carbons (Fsp3) is 0.562. The molecule has 2 unspecified atom stereocenters. The second-order valence-corrected chi connectivity index (χ2v) is 5.62. The first-order valence-corrected chi connectivity index (χ1v) is 7.33. The number of nitrogens with two attached hydrogens (primary N) is 1. The summed E-state index contributed by atoms with van der Waals surface area (Å²) in [7, 11) is 3.16. The summed E-state index contributed by atoms with van der Waals surface area (Å²) in [5.41, 5.74) is 6.42. The van der Waals surface area contributed by atoms with Gasteiger partial charge in [-0.15, -0.1) is 12.4 Å². The van der Waals surface area contributed by atoms with Crippen molar-refractivity contribution in [2.24, 2.45) is 11.7 Å². The van der Waals surface area contributed by atoms with Gasteiger partial charge in [0.25, 0.3) is 5.91 Å². The Bertz CT molecular complexity index is 488. The highest BCUT2D eigenvalue weighted by molar-refractivity contribution is 5.95. The highest BCUT2D eigenvalue weighted by Crippen LogP contribution is 2.27. The molecule has 6 heteroatoms. The number of piperidine rings is 1. The quantitative estimate of drug-likeness (QED) is 0.921. The molecule has 1 saturated heterocycles. The molecule has 1 fully saturated rings. The summed E-state index contributed by atoms with van der Waals surface area (Å²) in [4.78, 5) is 14.7. The Morgan fingerprint density at radius 2 is 1.86 bits per heavy atom. The van der Waals surface area contributed by atoms with Gasteiger partial charge in [0.2, 0.25) is 0 Å². The molecule has 1 aliphatic heterocycles. The minimum absolute atomic E-state index is 0. The molecule has 124 valence electrons. The number of likely N-dealkylation sites (tertiary alicyclic amines) is 1. The van der Waals surface area contributed by atoms with Gasteiger partial charge in [-0.05, 0) is 30.9 Å². The lowest BCUT2D eigenvalue weighted by Gasteiger charge is -2.38. The van der Waals surface area contributed by atoms with E-state index in [0.717, 1.165) is 19.4 Å². The standard InChI is InChI=1S/C16H24N2O3.ClH/c1-11-4-5-18(13(6-11)10-17)16(19)12-7-14(20-2)9-15(8-12)21-3;/h7-9,11,13H,4-6,10,17H2,1-3H3;1H. The Balaban J connectivity index is 0.00000242. The number of rotatable bonds is 4. The number of carbonyl (C=O) groups is 1. The van der Waals surface area contributed by atoms with Crippen LogP contribution in [0.1, 0.15) is 30.1 Å². The summed E-state index contributed by atoms with van der Waals surface area (Å²) in [5.74, 6) is 1.84. The van der Waals surface area contributed by atoms with Crippen LogP contribution in [0, 0.1) is 5.92 Å². The number of methoxy groups -OCH3 is 2. The molecule has 1 aliphatic rings. The first-order chi connectivity index (χ1) is 10.1. The van der Waals surface area contributed by atoms with Crippen molar-refractivity contribution >= 4 is 18.3 Å². The molecule has 0 aliphatic carbocycles. The molecule has 0 bridgehead atoms. The second kappa shape index (κ2) is 8.25. The van der Waals surface area contributed by atoms with Crippen LogP contribution in [0.4, 0.5) is 0 Å². The Kier molecular flexibility index (Phi) is 6.97. The molecule has 0 spiro atoms. The van der Waals surface area contributed by atoms with E-state index in [1.165, 1.54) is 0 Å². The molecule has 0 saturated carbocycles. The van der Waals surface area contributed by atoms with Crippen molar-refractivity contribution in [3.63, 3.8) is 0 Å². The molecule has 1 aromatic rings. The number of carbonyl (C=O) groups excluding carboxylic acids is 1. The number of nitrogens with zero attached hydrogens (tertiary/aromatic N) is 1. The smallest absolute Gasteiger partial charge is 0.254 e. The number of benzene rings is 1. The third kappa shape index (κ3) is 4.05. The van der Waals surface area contributed by atoms with E-state index in [0.29, 0.717) is 29.5 Å². The molecule has 2 N–H and O–H groups in total. The number of hydrogen-bond acceptors (Lipinski definition) is 4. The third-order valence-corrected chi connectivity index (χ3v) is 4.11. The lowest BCUT2D eigenvalue weighted by molar-refractivity contribution is 0.0573. The fourth-order valence-electron chi connectivity index (χ4n) is 2.84. The maximum atomic E-state index is 12.8. The summed E-state index contributed by atoms with van der Waals surface area (Å²) >= 11 is 0. The zero-order valence-corrected chi connectivity index (χ0v) is 14.2. The van der Waals surface area contributed by atoms with Gasteiger partial charge in [-0.1, -0.05) is 6.92 Å². The van der Waals surface area contributed by atoms with Crippen LogP contribution in [0.15, 0.2) is 18.2 Å². The monoisotopic (exact) mass is 328 g/mol. The van der Waals surface area contributed by atoms with Gasteiger partial charge >= 0.3 is 0 Å². The zero-order valence-electron chi connectivity index (χ0n) is 13.4. The molecular formula is C16H25ClN2O3. The van der Waals surface area contributed by atoms with Crippen LogP contribution in [0.3, 0.4) is 0 Å². The number of halogens is 1. The maximum absolute atomic E-state index is 12.8. The van der Waals surface area contributed by atoms with E-state index in [1.54, 1.807) is 32.4 Å². The lowest BCUT2D eigenvalue weighted by atomic mass is 9.92. The predicted octanol–water partition coefficient (Wildman–Crippen LogP) is 2.32. The minimum Gasteiger partial charge on any atom is -0.497 e. The zero-order chi connectivity index (χ0) is 15.4. The van der Waals surface area contributed by atoms with Gasteiger partial charge in [0.05, 0.1) is 14.2 Å². The summed E-state index contributed by atoms with van der Waals surface area (Å²) in [6, 6.07) is 5.36. The molecule has 0 radical (unpaired) electrons. The maximum Gasteiger partial charge on any atom is 0.254 e. The molecule has 1 aromatic carbocycles.